The van der Waals surface area contributed by atoms with E-state index in [0.29, 0.717) is 27.7 Å². The highest BCUT2D eigenvalue weighted by molar-refractivity contribution is 7.22. The van der Waals surface area contributed by atoms with Crippen molar-refractivity contribution in [3.63, 3.8) is 0 Å². The van der Waals surface area contributed by atoms with E-state index in [1.807, 2.05) is 24.3 Å². The summed E-state index contributed by atoms with van der Waals surface area (Å²) in [5.41, 5.74) is 6.71. The van der Waals surface area contributed by atoms with Crippen molar-refractivity contribution < 1.29 is 14.3 Å². The van der Waals surface area contributed by atoms with E-state index >= 15 is 0 Å². The van der Waals surface area contributed by atoms with Gasteiger partial charge in [0.15, 0.2) is 0 Å². The van der Waals surface area contributed by atoms with E-state index in [1.165, 1.54) is 11.3 Å². The van der Waals surface area contributed by atoms with E-state index in [4.69, 9.17) is 9.47 Å². The average molecular weight is 329 g/mol. The Labute approximate surface area is 137 Å². The lowest BCUT2D eigenvalue weighted by atomic mass is 10.2. The minimum Gasteiger partial charge on any atom is -0.495 e. The third kappa shape index (κ3) is 3.04. The fourth-order valence-electron chi connectivity index (χ4n) is 2.11. The number of ether oxygens (including phenoxy) is 2. The summed E-state index contributed by atoms with van der Waals surface area (Å²) in [5, 5.41) is 0.548. The van der Waals surface area contributed by atoms with Crippen LogP contribution in [0.15, 0.2) is 42.5 Å². The lowest BCUT2D eigenvalue weighted by Gasteiger charge is -2.04. The first kappa shape index (κ1) is 15.1. The molecule has 1 heterocycles. The lowest BCUT2D eigenvalue weighted by Crippen LogP contribution is -2.29. The van der Waals surface area contributed by atoms with E-state index in [9.17, 15) is 4.79 Å². The van der Waals surface area contributed by atoms with Crippen LogP contribution in [-0.2, 0) is 0 Å². The topological polar surface area (TPSA) is 72.5 Å². The number of fused-ring (bicyclic) bond motifs is 1. The summed E-state index contributed by atoms with van der Waals surface area (Å²) in [6.45, 7) is 0. The number of hydrogen-bond acceptors (Lipinski definition) is 6. The molecule has 3 rings (SSSR count). The highest BCUT2D eigenvalue weighted by atomic mass is 32.1. The van der Waals surface area contributed by atoms with Gasteiger partial charge in [0, 0.05) is 5.56 Å². The number of nitrogens with zero attached hydrogens (tertiary/aromatic N) is 1. The smallest absolute Gasteiger partial charge is 0.269 e. The molecule has 1 amide bonds. The average Bonchev–Trinajstić information content (AvgIpc) is 3.03. The zero-order valence-electron chi connectivity index (χ0n) is 12.6. The van der Waals surface area contributed by atoms with Gasteiger partial charge in [-0.2, -0.15) is 0 Å². The number of hydrogen-bond donors (Lipinski definition) is 2. The van der Waals surface area contributed by atoms with Gasteiger partial charge in [-0.15, -0.1) is 0 Å². The van der Waals surface area contributed by atoms with Crippen LogP contribution in [0.5, 0.6) is 11.5 Å². The van der Waals surface area contributed by atoms with E-state index in [0.717, 1.165) is 4.70 Å². The molecule has 23 heavy (non-hydrogen) atoms. The van der Waals surface area contributed by atoms with Crippen LogP contribution in [0.3, 0.4) is 0 Å². The van der Waals surface area contributed by atoms with Gasteiger partial charge in [0.1, 0.15) is 21.7 Å². The monoisotopic (exact) mass is 329 g/mol. The van der Waals surface area contributed by atoms with Gasteiger partial charge >= 0.3 is 0 Å². The predicted molar refractivity (Wildman–Crippen MR) is 90.3 cm³/mol. The first-order chi connectivity index (χ1) is 11.2. The van der Waals surface area contributed by atoms with Crippen molar-refractivity contribution in [3.05, 3.63) is 48.0 Å². The Morgan fingerprint density at radius 2 is 1.74 bits per heavy atom. The van der Waals surface area contributed by atoms with Crippen molar-refractivity contribution in [3.8, 4) is 11.5 Å². The maximum atomic E-state index is 12.0. The minimum absolute atomic E-state index is 0.233. The third-order valence-electron chi connectivity index (χ3n) is 3.23. The maximum Gasteiger partial charge on any atom is 0.269 e. The molecule has 1 aromatic heterocycles. The number of nitrogens with one attached hydrogen (secondary N) is 2. The van der Waals surface area contributed by atoms with Crippen molar-refractivity contribution in [1.29, 1.82) is 0 Å². The van der Waals surface area contributed by atoms with Crippen LogP contribution in [0, 0.1) is 0 Å². The number of benzene rings is 2. The molecule has 3 aromatic rings. The molecular formula is C16H15N3O3S. The summed E-state index contributed by atoms with van der Waals surface area (Å²) in [4.78, 5) is 16.5. The first-order valence-electron chi connectivity index (χ1n) is 6.86. The molecule has 0 aliphatic rings. The number of methoxy groups -OCH3 is 2. The number of carbonyl (C=O) groups is 1. The van der Waals surface area contributed by atoms with Crippen molar-refractivity contribution >= 4 is 32.6 Å². The Kier molecular flexibility index (Phi) is 4.29. The molecule has 2 N–H and O–H groups in total. The fraction of sp³-hybridized carbons (Fsp3) is 0.125. The largest absolute Gasteiger partial charge is 0.495 e. The Balaban J connectivity index is 1.82. The summed E-state index contributed by atoms with van der Waals surface area (Å²) >= 11 is 1.37. The van der Waals surface area contributed by atoms with Gasteiger partial charge in [0.25, 0.3) is 5.91 Å². The molecule has 0 saturated carbocycles. The molecule has 0 bridgehead atoms. The van der Waals surface area contributed by atoms with Crippen molar-refractivity contribution in [2.45, 2.75) is 0 Å². The molecule has 2 aromatic carbocycles. The van der Waals surface area contributed by atoms with Gasteiger partial charge in [0.05, 0.1) is 14.2 Å². The van der Waals surface area contributed by atoms with Crippen LogP contribution in [0.4, 0.5) is 5.13 Å². The molecule has 0 aliphatic carbocycles. The van der Waals surface area contributed by atoms with Gasteiger partial charge in [-0.05, 0) is 24.3 Å². The molecule has 0 fully saturated rings. The highest BCUT2D eigenvalue weighted by Gasteiger charge is 2.14. The number of anilines is 1. The second-order valence-corrected chi connectivity index (χ2v) is 5.61. The fourth-order valence-corrected chi connectivity index (χ4v) is 3.04. The molecule has 0 aliphatic heterocycles. The van der Waals surface area contributed by atoms with E-state index in [-0.39, 0.29) is 5.91 Å². The molecule has 7 heteroatoms. The van der Waals surface area contributed by atoms with Crippen LogP contribution in [0.1, 0.15) is 10.4 Å². The Bertz CT molecular complexity index is 792. The molecule has 0 unspecified atom stereocenters. The van der Waals surface area contributed by atoms with Gasteiger partial charge in [-0.1, -0.05) is 29.5 Å². The SMILES string of the molecule is COc1ccc(OC)c2sc(NNC(=O)c3ccccc3)nc12. The van der Waals surface area contributed by atoms with Crippen molar-refractivity contribution in [2.75, 3.05) is 19.6 Å². The van der Waals surface area contributed by atoms with Crippen LogP contribution >= 0.6 is 11.3 Å². The quantitative estimate of drug-likeness (QED) is 0.704. The maximum absolute atomic E-state index is 12.0. The molecule has 0 radical (unpaired) electrons. The molecule has 0 spiro atoms. The Hall–Kier alpha value is -2.80. The number of aromatic nitrogens is 1. The van der Waals surface area contributed by atoms with Crippen LogP contribution in [-0.4, -0.2) is 25.1 Å². The van der Waals surface area contributed by atoms with E-state index in [1.54, 1.807) is 32.4 Å². The second kappa shape index (κ2) is 6.53. The predicted octanol–water partition coefficient (Wildman–Crippen LogP) is 3.07. The standard InChI is InChI=1S/C16H15N3O3S/c1-21-11-8-9-12(22-2)14-13(11)17-16(23-14)19-18-15(20)10-6-4-3-5-7-10/h3-9H,1-2H3,(H,17,19)(H,18,20). The van der Waals surface area contributed by atoms with Crippen molar-refractivity contribution in [2.24, 2.45) is 0 Å². The second-order valence-electron chi connectivity index (χ2n) is 4.61. The van der Waals surface area contributed by atoms with Gasteiger partial charge in [-0.25, -0.2) is 4.98 Å². The first-order valence-corrected chi connectivity index (χ1v) is 7.67. The molecule has 6 nitrogen and oxygen atoms in total. The zero-order valence-corrected chi connectivity index (χ0v) is 13.4. The summed E-state index contributed by atoms with van der Waals surface area (Å²) < 4.78 is 11.5. The number of hydrazine groups is 1. The number of thiazole rings is 1. The van der Waals surface area contributed by atoms with Gasteiger partial charge in [0.2, 0.25) is 5.13 Å². The van der Waals surface area contributed by atoms with Crippen LogP contribution in [0.25, 0.3) is 10.2 Å². The van der Waals surface area contributed by atoms with E-state index < -0.39 is 0 Å². The van der Waals surface area contributed by atoms with Crippen molar-refractivity contribution in [1.82, 2.24) is 10.4 Å². The molecule has 0 saturated heterocycles. The highest BCUT2D eigenvalue weighted by Crippen LogP contribution is 2.38. The third-order valence-corrected chi connectivity index (χ3v) is 4.21. The summed E-state index contributed by atoms with van der Waals surface area (Å²) in [6.07, 6.45) is 0. The van der Waals surface area contributed by atoms with Crippen LogP contribution in [0.2, 0.25) is 0 Å². The summed E-state index contributed by atoms with van der Waals surface area (Å²) in [7, 11) is 3.19. The minimum atomic E-state index is -0.233. The van der Waals surface area contributed by atoms with Gasteiger partial charge < -0.3 is 9.47 Å². The number of rotatable bonds is 5. The zero-order chi connectivity index (χ0) is 16.2. The molecular weight excluding hydrogens is 314 g/mol. The Morgan fingerprint density at radius 1 is 1.04 bits per heavy atom. The Morgan fingerprint density at radius 3 is 2.43 bits per heavy atom. The molecule has 0 atom stereocenters. The molecule has 118 valence electrons. The lowest BCUT2D eigenvalue weighted by molar-refractivity contribution is 0.0962. The number of carbonyl (C=O) groups excluding carboxylic acids is 1. The van der Waals surface area contributed by atoms with Gasteiger partial charge in [-0.3, -0.25) is 15.6 Å². The van der Waals surface area contributed by atoms with E-state index in [2.05, 4.69) is 15.8 Å². The number of amides is 1. The summed E-state index contributed by atoms with van der Waals surface area (Å²) in [6, 6.07) is 12.6. The van der Waals surface area contributed by atoms with Crippen LogP contribution < -0.4 is 20.3 Å². The normalized spacial score (nSPS) is 10.3. The summed E-state index contributed by atoms with van der Waals surface area (Å²) in [5.74, 6) is 1.13.